The van der Waals surface area contributed by atoms with Gasteiger partial charge in [-0.3, -0.25) is 9.69 Å². The Kier molecular flexibility index (Phi) is 6.46. The molecule has 7 heteroatoms. The summed E-state index contributed by atoms with van der Waals surface area (Å²) in [5.41, 5.74) is 3.35. The number of alkyl halides is 2. The minimum atomic E-state index is -2.91. The van der Waals surface area contributed by atoms with Gasteiger partial charge >= 0.3 is 6.61 Å². The molecule has 1 amide bonds. The molecule has 0 unspecified atom stereocenters. The van der Waals surface area contributed by atoms with Crippen LogP contribution < -0.4 is 9.47 Å². The van der Waals surface area contributed by atoms with Crippen LogP contribution in [0.25, 0.3) is 0 Å². The third-order valence-electron chi connectivity index (χ3n) is 4.79. The van der Waals surface area contributed by atoms with Gasteiger partial charge in [0, 0.05) is 19.6 Å². The van der Waals surface area contributed by atoms with Gasteiger partial charge in [0.05, 0.1) is 13.7 Å². The van der Waals surface area contributed by atoms with Crippen LogP contribution in [0, 0.1) is 0 Å². The highest BCUT2D eigenvalue weighted by atomic mass is 19.3. The van der Waals surface area contributed by atoms with Crippen molar-refractivity contribution in [3.05, 3.63) is 59.2 Å². The van der Waals surface area contributed by atoms with E-state index >= 15 is 0 Å². The van der Waals surface area contributed by atoms with Gasteiger partial charge in [-0.1, -0.05) is 30.3 Å². The first-order chi connectivity index (χ1) is 13.5. The number of fused-ring (bicyclic) bond motifs is 1. The van der Waals surface area contributed by atoms with E-state index in [-0.39, 0.29) is 24.0 Å². The molecule has 1 heterocycles. The highest BCUT2D eigenvalue weighted by Gasteiger charge is 2.21. The molecule has 5 nitrogen and oxygen atoms in total. The number of hydrogen-bond acceptors (Lipinski definition) is 4. The summed E-state index contributed by atoms with van der Waals surface area (Å²) in [5.74, 6) is 0.304. The number of carbonyl (C=O) groups excluding carboxylic acids is 1. The van der Waals surface area contributed by atoms with E-state index in [1.165, 1.54) is 24.3 Å². The molecule has 3 rings (SSSR count). The SMILES string of the molecule is COc1cc(CN(C)CC(=O)N2CCc3ccccc3C2)ccc1OC(F)F. The zero-order valence-corrected chi connectivity index (χ0v) is 16.0. The second-order valence-electron chi connectivity index (χ2n) is 6.87. The van der Waals surface area contributed by atoms with Crippen molar-refractivity contribution < 1.29 is 23.0 Å². The number of methoxy groups -OCH3 is 1. The molecule has 1 aliphatic rings. The molecule has 150 valence electrons. The lowest BCUT2D eigenvalue weighted by Gasteiger charge is -2.30. The van der Waals surface area contributed by atoms with E-state index in [0.717, 1.165) is 18.5 Å². The smallest absolute Gasteiger partial charge is 0.387 e. The zero-order chi connectivity index (χ0) is 20.1. The van der Waals surface area contributed by atoms with Crippen LogP contribution in [-0.2, 0) is 24.3 Å². The van der Waals surface area contributed by atoms with Gasteiger partial charge in [0.2, 0.25) is 5.91 Å². The van der Waals surface area contributed by atoms with Gasteiger partial charge < -0.3 is 14.4 Å². The van der Waals surface area contributed by atoms with Crippen molar-refractivity contribution in [2.75, 3.05) is 27.2 Å². The number of ether oxygens (including phenoxy) is 2. The van der Waals surface area contributed by atoms with Crippen molar-refractivity contribution in [3.63, 3.8) is 0 Å². The summed E-state index contributed by atoms with van der Waals surface area (Å²) in [6.07, 6.45) is 0.869. The normalized spacial score (nSPS) is 13.6. The molecule has 0 atom stereocenters. The van der Waals surface area contributed by atoms with Crippen LogP contribution in [0.1, 0.15) is 16.7 Å². The highest BCUT2D eigenvalue weighted by molar-refractivity contribution is 5.78. The lowest BCUT2D eigenvalue weighted by atomic mass is 10.00. The number of likely N-dealkylation sites (N-methyl/N-ethyl adjacent to an activating group) is 1. The number of amides is 1. The molecule has 0 saturated carbocycles. The molecular weight excluding hydrogens is 366 g/mol. The molecule has 0 N–H and O–H groups in total. The minimum Gasteiger partial charge on any atom is -0.493 e. The van der Waals surface area contributed by atoms with E-state index in [9.17, 15) is 13.6 Å². The Labute approximate surface area is 163 Å². The van der Waals surface area contributed by atoms with Crippen molar-refractivity contribution in [3.8, 4) is 11.5 Å². The van der Waals surface area contributed by atoms with Gasteiger partial charge in [0.25, 0.3) is 0 Å². The van der Waals surface area contributed by atoms with Crippen molar-refractivity contribution in [2.24, 2.45) is 0 Å². The van der Waals surface area contributed by atoms with Crippen LogP contribution in [0.5, 0.6) is 11.5 Å². The van der Waals surface area contributed by atoms with Gasteiger partial charge in [-0.25, -0.2) is 0 Å². The number of benzene rings is 2. The minimum absolute atomic E-state index is 0.00744. The maximum Gasteiger partial charge on any atom is 0.387 e. The molecule has 0 saturated heterocycles. The van der Waals surface area contributed by atoms with E-state index in [1.54, 1.807) is 12.1 Å². The number of hydrogen-bond donors (Lipinski definition) is 0. The fourth-order valence-corrected chi connectivity index (χ4v) is 3.41. The predicted octanol–water partition coefficient (Wildman–Crippen LogP) is 3.31. The average Bonchev–Trinajstić information content (AvgIpc) is 2.68. The molecule has 0 aliphatic carbocycles. The summed E-state index contributed by atoms with van der Waals surface area (Å²) in [4.78, 5) is 16.4. The van der Waals surface area contributed by atoms with Crippen LogP contribution in [0.15, 0.2) is 42.5 Å². The second-order valence-corrected chi connectivity index (χ2v) is 6.87. The van der Waals surface area contributed by atoms with Gasteiger partial charge in [0.1, 0.15) is 0 Å². The second kappa shape index (κ2) is 9.01. The maximum absolute atomic E-state index is 12.7. The maximum atomic E-state index is 12.7. The summed E-state index contributed by atoms with van der Waals surface area (Å²) in [7, 11) is 3.25. The largest absolute Gasteiger partial charge is 0.493 e. The molecule has 0 aromatic heterocycles. The Balaban J connectivity index is 1.58. The molecule has 0 radical (unpaired) electrons. The zero-order valence-electron chi connectivity index (χ0n) is 16.0. The van der Waals surface area contributed by atoms with E-state index in [0.29, 0.717) is 13.1 Å². The molecule has 1 aliphatic heterocycles. The molecule has 28 heavy (non-hydrogen) atoms. The molecule has 0 bridgehead atoms. The van der Waals surface area contributed by atoms with E-state index in [4.69, 9.17) is 4.74 Å². The molecule has 0 fully saturated rings. The third kappa shape index (κ3) is 4.98. The Morgan fingerprint density at radius 1 is 1.18 bits per heavy atom. The first kappa shape index (κ1) is 20.1. The van der Waals surface area contributed by atoms with Gasteiger partial charge in [-0.05, 0) is 42.3 Å². The third-order valence-corrected chi connectivity index (χ3v) is 4.79. The standard InChI is InChI=1S/C21H24F2N2O3/c1-24(12-15-7-8-18(28-21(22)23)19(11-15)27-2)14-20(26)25-10-9-16-5-3-4-6-17(16)13-25/h3-8,11,21H,9-10,12-14H2,1-2H3. The fraction of sp³-hybridized carbons (Fsp3) is 0.381. The number of nitrogens with zero attached hydrogens (tertiary/aromatic N) is 2. The summed E-state index contributed by atoms with van der Waals surface area (Å²) in [5, 5.41) is 0. The summed E-state index contributed by atoms with van der Waals surface area (Å²) in [6.45, 7) is -0.788. The summed E-state index contributed by atoms with van der Waals surface area (Å²) in [6, 6.07) is 13.0. The average molecular weight is 390 g/mol. The Bertz CT molecular complexity index is 829. The highest BCUT2D eigenvalue weighted by Crippen LogP contribution is 2.29. The topological polar surface area (TPSA) is 42.0 Å². The lowest BCUT2D eigenvalue weighted by Crippen LogP contribution is -2.41. The van der Waals surface area contributed by atoms with E-state index in [1.807, 2.05) is 29.0 Å². The van der Waals surface area contributed by atoms with E-state index < -0.39 is 6.61 Å². The first-order valence-corrected chi connectivity index (χ1v) is 9.11. The molecule has 2 aromatic carbocycles. The predicted molar refractivity (Wildman–Crippen MR) is 102 cm³/mol. The van der Waals surface area contributed by atoms with Crippen LogP contribution in [0.3, 0.4) is 0 Å². The number of rotatable bonds is 7. The fourth-order valence-electron chi connectivity index (χ4n) is 3.41. The van der Waals surface area contributed by atoms with Crippen LogP contribution in [0.4, 0.5) is 8.78 Å². The van der Waals surface area contributed by atoms with Crippen molar-refractivity contribution in [1.82, 2.24) is 9.80 Å². The number of carbonyl (C=O) groups is 1. The molecule has 2 aromatic rings. The Morgan fingerprint density at radius 3 is 2.64 bits per heavy atom. The molecule has 0 spiro atoms. The number of halogens is 2. The summed E-state index contributed by atoms with van der Waals surface area (Å²) >= 11 is 0. The van der Waals surface area contributed by atoms with Crippen molar-refractivity contribution in [1.29, 1.82) is 0 Å². The van der Waals surface area contributed by atoms with Crippen LogP contribution in [0.2, 0.25) is 0 Å². The summed E-state index contributed by atoms with van der Waals surface area (Å²) < 4.78 is 34.4. The van der Waals surface area contributed by atoms with Gasteiger partial charge in [-0.2, -0.15) is 8.78 Å². The van der Waals surface area contributed by atoms with Crippen LogP contribution >= 0.6 is 0 Å². The molecular formula is C21H24F2N2O3. The van der Waals surface area contributed by atoms with Crippen molar-refractivity contribution >= 4 is 5.91 Å². The van der Waals surface area contributed by atoms with E-state index in [2.05, 4.69) is 16.9 Å². The Morgan fingerprint density at radius 2 is 1.93 bits per heavy atom. The first-order valence-electron chi connectivity index (χ1n) is 9.11. The van der Waals surface area contributed by atoms with Crippen molar-refractivity contribution in [2.45, 2.75) is 26.1 Å². The lowest BCUT2D eigenvalue weighted by molar-refractivity contribution is -0.133. The Hall–Kier alpha value is -2.67. The van der Waals surface area contributed by atoms with Gasteiger partial charge in [-0.15, -0.1) is 0 Å². The van der Waals surface area contributed by atoms with Gasteiger partial charge in [0.15, 0.2) is 11.5 Å². The van der Waals surface area contributed by atoms with Crippen LogP contribution in [-0.4, -0.2) is 49.6 Å². The quantitative estimate of drug-likeness (QED) is 0.728. The monoisotopic (exact) mass is 390 g/mol.